The third kappa shape index (κ3) is 2.47. The Morgan fingerprint density at radius 3 is 2.64 bits per heavy atom. The van der Waals surface area contributed by atoms with Crippen LogP contribution in [0.3, 0.4) is 0 Å². The van der Waals surface area contributed by atoms with E-state index in [1.54, 1.807) is 0 Å². The van der Waals surface area contributed by atoms with Gasteiger partial charge in [-0.25, -0.2) is 0 Å². The molecule has 3 nitrogen and oxygen atoms in total. The number of hydrogen-bond acceptors (Lipinski definition) is 3. The molecule has 0 aromatic rings. The molecule has 1 aliphatic heterocycles. The summed E-state index contributed by atoms with van der Waals surface area (Å²) in [4.78, 5) is 2.47. The summed E-state index contributed by atoms with van der Waals surface area (Å²) in [6, 6.07) is 1.31. The third-order valence-corrected chi connectivity index (χ3v) is 3.66. The van der Waals surface area contributed by atoms with Crippen LogP contribution in [-0.2, 0) is 0 Å². The zero-order valence-corrected chi connectivity index (χ0v) is 9.08. The molecule has 1 heterocycles. The zero-order chi connectivity index (χ0) is 9.97. The molecule has 2 fully saturated rings. The predicted molar refractivity (Wildman–Crippen MR) is 57.3 cm³/mol. The molecule has 0 radical (unpaired) electrons. The molecule has 0 spiro atoms. The number of nitrogens with zero attached hydrogens (tertiary/aromatic N) is 1. The van der Waals surface area contributed by atoms with E-state index in [-0.39, 0.29) is 6.10 Å². The van der Waals surface area contributed by atoms with Crippen molar-refractivity contribution in [3.8, 4) is 0 Å². The molecular formula is C11H22N2O. The van der Waals surface area contributed by atoms with Crippen LogP contribution in [0.25, 0.3) is 0 Å². The Balaban J connectivity index is 1.73. The number of aliphatic hydroxyl groups is 1. The van der Waals surface area contributed by atoms with Gasteiger partial charge in [0.15, 0.2) is 0 Å². The van der Waals surface area contributed by atoms with E-state index < -0.39 is 0 Å². The van der Waals surface area contributed by atoms with Gasteiger partial charge in [0, 0.05) is 25.2 Å². The molecule has 2 aliphatic rings. The molecule has 82 valence electrons. The quantitative estimate of drug-likeness (QED) is 0.696. The molecule has 2 atom stereocenters. The highest BCUT2D eigenvalue weighted by Gasteiger charge is 2.26. The van der Waals surface area contributed by atoms with Crippen molar-refractivity contribution in [2.45, 2.75) is 50.3 Å². The number of likely N-dealkylation sites (N-methyl/N-ethyl adjacent to an activating group) is 1. The summed E-state index contributed by atoms with van der Waals surface area (Å²) < 4.78 is 0. The molecule has 2 unspecified atom stereocenters. The Morgan fingerprint density at radius 1 is 1.36 bits per heavy atom. The van der Waals surface area contributed by atoms with E-state index in [0.29, 0.717) is 6.04 Å². The average molecular weight is 198 g/mol. The summed E-state index contributed by atoms with van der Waals surface area (Å²) in [5, 5.41) is 12.8. The van der Waals surface area contributed by atoms with Crippen LogP contribution in [0.1, 0.15) is 32.1 Å². The monoisotopic (exact) mass is 198 g/mol. The van der Waals surface area contributed by atoms with Gasteiger partial charge < -0.3 is 15.3 Å². The van der Waals surface area contributed by atoms with Gasteiger partial charge >= 0.3 is 0 Å². The minimum Gasteiger partial charge on any atom is -0.392 e. The molecule has 1 saturated carbocycles. The van der Waals surface area contributed by atoms with Crippen molar-refractivity contribution in [1.29, 1.82) is 0 Å². The number of hydrogen-bond donors (Lipinski definition) is 2. The second-order valence-electron chi connectivity index (χ2n) is 4.87. The maximum atomic E-state index is 9.40. The lowest BCUT2D eigenvalue weighted by molar-refractivity contribution is 0.183. The first-order valence-corrected chi connectivity index (χ1v) is 5.87. The van der Waals surface area contributed by atoms with Crippen molar-refractivity contribution < 1.29 is 5.11 Å². The first-order chi connectivity index (χ1) is 6.75. The van der Waals surface area contributed by atoms with Gasteiger partial charge in [-0.1, -0.05) is 12.8 Å². The van der Waals surface area contributed by atoms with Crippen molar-refractivity contribution in [2.75, 3.05) is 20.1 Å². The van der Waals surface area contributed by atoms with E-state index in [9.17, 15) is 5.11 Å². The van der Waals surface area contributed by atoms with Gasteiger partial charge in [-0.2, -0.15) is 0 Å². The Morgan fingerprint density at radius 2 is 2.07 bits per heavy atom. The standard InChI is InChI=1S/C11H22N2O/c1-13(10-4-2-3-5-10)8-9-6-11(14)7-12-9/h9-12,14H,2-8H2,1H3. The lowest BCUT2D eigenvalue weighted by atomic mass is 10.1. The molecule has 14 heavy (non-hydrogen) atoms. The minimum atomic E-state index is -0.114. The van der Waals surface area contributed by atoms with Crippen molar-refractivity contribution in [3.05, 3.63) is 0 Å². The summed E-state index contributed by atoms with van der Waals surface area (Å²) in [6.07, 6.45) is 6.34. The van der Waals surface area contributed by atoms with Crippen LogP contribution in [-0.4, -0.2) is 48.3 Å². The summed E-state index contributed by atoms with van der Waals surface area (Å²) in [5.41, 5.74) is 0. The van der Waals surface area contributed by atoms with Crippen LogP contribution in [0.2, 0.25) is 0 Å². The molecule has 2 rings (SSSR count). The predicted octanol–water partition coefficient (Wildman–Crippen LogP) is 0.584. The van der Waals surface area contributed by atoms with Gasteiger partial charge in [0.05, 0.1) is 6.10 Å². The maximum Gasteiger partial charge on any atom is 0.0680 e. The van der Waals surface area contributed by atoms with Gasteiger partial charge in [-0.05, 0) is 26.3 Å². The highest BCUT2D eigenvalue weighted by Crippen LogP contribution is 2.23. The van der Waals surface area contributed by atoms with Crippen molar-refractivity contribution >= 4 is 0 Å². The zero-order valence-electron chi connectivity index (χ0n) is 9.08. The fourth-order valence-electron chi connectivity index (χ4n) is 2.78. The lowest BCUT2D eigenvalue weighted by Gasteiger charge is -2.26. The van der Waals surface area contributed by atoms with Crippen LogP contribution in [0.15, 0.2) is 0 Å². The summed E-state index contributed by atoms with van der Waals surface area (Å²) in [6.45, 7) is 1.88. The van der Waals surface area contributed by atoms with Crippen LogP contribution in [0.5, 0.6) is 0 Å². The number of β-amino-alcohol motifs (C(OH)–C–C–N with tert-alkyl or cyclic N) is 1. The number of rotatable bonds is 3. The average Bonchev–Trinajstić information content (AvgIpc) is 2.75. The van der Waals surface area contributed by atoms with E-state index in [1.165, 1.54) is 25.7 Å². The molecule has 0 aromatic heterocycles. The summed E-state index contributed by atoms with van der Waals surface area (Å²) in [5.74, 6) is 0. The van der Waals surface area contributed by atoms with Gasteiger partial charge in [-0.15, -0.1) is 0 Å². The first-order valence-electron chi connectivity index (χ1n) is 5.87. The largest absolute Gasteiger partial charge is 0.392 e. The number of nitrogens with one attached hydrogen (secondary N) is 1. The van der Waals surface area contributed by atoms with Gasteiger partial charge in [-0.3, -0.25) is 0 Å². The molecule has 0 bridgehead atoms. The molecule has 3 heteroatoms. The fourth-order valence-corrected chi connectivity index (χ4v) is 2.78. The normalized spacial score (nSPS) is 34.5. The van der Waals surface area contributed by atoms with Crippen LogP contribution < -0.4 is 5.32 Å². The van der Waals surface area contributed by atoms with Crippen molar-refractivity contribution in [1.82, 2.24) is 10.2 Å². The fraction of sp³-hybridized carbons (Fsp3) is 1.00. The van der Waals surface area contributed by atoms with E-state index in [4.69, 9.17) is 0 Å². The van der Waals surface area contributed by atoms with Gasteiger partial charge in [0.1, 0.15) is 0 Å². The van der Waals surface area contributed by atoms with Gasteiger partial charge in [0.25, 0.3) is 0 Å². The molecule has 2 N–H and O–H groups in total. The Kier molecular flexibility index (Phi) is 3.42. The highest BCUT2D eigenvalue weighted by atomic mass is 16.3. The maximum absolute atomic E-state index is 9.40. The van der Waals surface area contributed by atoms with Crippen LogP contribution >= 0.6 is 0 Å². The van der Waals surface area contributed by atoms with Crippen molar-refractivity contribution in [2.24, 2.45) is 0 Å². The minimum absolute atomic E-state index is 0.114. The highest BCUT2D eigenvalue weighted by molar-refractivity contribution is 4.85. The third-order valence-electron chi connectivity index (χ3n) is 3.66. The van der Waals surface area contributed by atoms with E-state index in [0.717, 1.165) is 25.6 Å². The molecule has 0 aromatic carbocycles. The van der Waals surface area contributed by atoms with Gasteiger partial charge in [0.2, 0.25) is 0 Å². The SMILES string of the molecule is CN(CC1CC(O)CN1)C1CCCC1. The Hall–Kier alpha value is -0.120. The number of aliphatic hydroxyl groups excluding tert-OH is 1. The second-order valence-corrected chi connectivity index (χ2v) is 4.87. The molecular weight excluding hydrogens is 176 g/mol. The van der Waals surface area contributed by atoms with E-state index >= 15 is 0 Å². The topological polar surface area (TPSA) is 35.5 Å². The van der Waals surface area contributed by atoms with Crippen molar-refractivity contribution in [3.63, 3.8) is 0 Å². The molecule has 1 aliphatic carbocycles. The molecule has 0 amide bonds. The Labute approximate surface area is 86.5 Å². The van der Waals surface area contributed by atoms with Crippen LogP contribution in [0, 0.1) is 0 Å². The van der Waals surface area contributed by atoms with Crippen LogP contribution in [0.4, 0.5) is 0 Å². The van der Waals surface area contributed by atoms with E-state index in [2.05, 4.69) is 17.3 Å². The molecule has 1 saturated heterocycles. The first kappa shape index (κ1) is 10.4. The second kappa shape index (κ2) is 4.60. The lowest BCUT2D eigenvalue weighted by Crippen LogP contribution is -2.39. The smallest absolute Gasteiger partial charge is 0.0680 e. The summed E-state index contributed by atoms with van der Waals surface area (Å²) >= 11 is 0. The summed E-state index contributed by atoms with van der Waals surface area (Å²) in [7, 11) is 2.22. The Bertz CT molecular complexity index is 180. The van der Waals surface area contributed by atoms with E-state index in [1.807, 2.05) is 0 Å².